The Morgan fingerprint density at radius 3 is 1.33 bits per heavy atom. The van der Waals surface area contributed by atoms with E-state index in [-0.39, 0.29) is 28.3 Å². The molecule has 0 amide bonds. The standard InChI is InChI=1S/2C16H10Br2N2OS.Co/c2*17-12-6-11(15(21)13(18)7-12)8-19-16-20-14(9-22-16)10-4-2-1-3-5-10;/h2*1-9,21H;/b2*19-8+;. The van der Waals surface area contributed by atoms with Crippen LogP contribution in [0.3, 0.4) is 0 Å². The van der Waals surface area contributed by atoms with Crippen LogP contribution < -0.4 is 0 Å². The Morgan fingerprint density at radius 1 is 0.578 bits per heavy atom. The summed E-state index contributed by atoms with van der Waals surface area (Å²) in [5, 5.41) is 25.3. The van der Waals surface area contributed by atoms with Crippen molar-refractivity contribution >= 4 is 109 Å². The maximum absolute atomic E-state index is 10.0. The van der Waals surface area contributed by atoms with Gasteiger partial charge in [-0.2, -0.15) is 0 Å². The molecule has 0 unspecified atom stereocenters. The molecule has 6 rings (SSSR count). The minimum absolute atomic E-state index is 0. The molecule has 6 aromatic rings. The van der Waals surface area contributed by atoms with Crippen LogP contribution >= 0.6 is 86.4 Å². The van der Waals surface area contributed by atoms with Crippen LogP contribution in [0.15, 0.2) is 124 Å². The first-order chi connectivity index (χ1) is 21.3. The van der Waals surface area contributed by atoms with Crippen LogP contribution in [0.5, 0.6) is 11.5 Å². The van der Waals surface area contributed by atoms with Gasteiger partial charge in [0.25, 0.3) is 0 Å². The molecule has 0 fully saturated rings. The fourth-order valence-electron chi connectivity index (χ4n) is 3.75. The first-order valence-corrected chi connectivity index (χ1v) is 17.7. The fraction of sp³-hybridized carbons (Fsp3) is 0. The number of hydrogen-bond acceptors (Lipinski definition) is 8. The van der Waals surface area contributed by atoms with E-state index in [2.05, 4.69) is 83.7 Å². The first-order valence-electron chi connectivity index (χ1n) is 12.7. The Balaban J connectivity index is 0.000000200. The van der Waals surface area contributed by atoms with Crippen LogP contribution in [0.1, 0.15) is 11.1 Å². The SMILES string of the molecule is Oc1c(Br)cc(Br)cc1/C=N/c1nc(-c2ccccc2)cs1.Oc1c(Br)cc(Br)cc1/C=N/c1nc(-c2ccccc2)cs1.[Co]. The van der Waals surface area contributed by atoms with Crippen molar-refractivity contribution < 1.29 is 27.0 Å². The zero-order valence-electron chi connectivity index (χ0n) is 22.7. The number of aliphatic imine (C=N–C) groups is 2. The van der Waals surface area contributed by atoms with Gasteiger partial charge < -0.3 is 10.2 Å². The average molecular weight is 935 g/mol. The second-order valence-electron chi connectivity index (χ2n) is 8.93. The predicted molar refractivity (Wildman–Crippen MR) is 197 cm³/mol. The molecule has 229 valence electrons. The van der Waals surface area contributed by atoms with Crippen LogP contribution in [0, 0.1) is 0 Å². The summed E-state index contributed by atoms with van der Waals surface area (Å²) in [6.45, 7) is 0. The molecular weight excluding hydrogens is 915 g/mol. The van der Waals surface area contributed by atoms with E-state index >= 15 is 0 Å². The number of hydrogen-bond donors (Lipinski definition) is 2. The third-order valence-electron chi connectivity index (χ3n) is 5.87. The molecule has 2 aromatic heterocycles. The Morgan fingerprint density at radius 2 is 0.956 bits per heavy atom. The predicted octanol–water partition coefficient (Wildman–Crippen LogP) is 11.6. The Kier molecular flexibility index (Phi) is 13.3. The number of aromatic hydroxyl groups is 2. The number of aromatic nitrogens is 2. The number of phenolic OH excluding ortho intramolecular Hbond substituents is 2. The number of benzene rings is 4. The molecule has 2 heterocycles. The third kappa shape index (κ3) is 9.75. The minimum atomic E-state index is 0. The van der Waals surface area contributed by atoms with E-state index in [4.69, 9.17) is 0 Å². The quantitative estimate of drug-likeness (QED) is 0.163. The van der Waals surface area contributed by atoms with E-state index in [1.54, 1.807) is 36.7 Å². The monoisotopic (exact) mass is 931 g/mol. The van der Waals surface area contributed by atoms with Crippen LogP contribution in [0.2, 0.25) is 0 Å². The normalized spacial score (nSPS) is 10.9. The Labute approximate surface area is 311 Å². The number of thiazole rings is 2. The van der Waals surface area contributed by atoms with Gasteiger partial charge in [0, 0.05) is 71.2 Å². The smallest absolute Gasteiger partial charge is 0.209 e. The van der Waals surface area contributed by atoms with Gasteiger partial charge >= 0.3 is 0 Å². The van der Waals surface area contributed by atoms with Gasteiger partial charge in [-0.15, -0.1) is 22.7 Å². The van der Waals surface area contributed by atoms with Gasteiger partial charge in [0.2, 0.25) is 10.3 Å². The van der Waals surface area contributed by atoms with Gasteiger partial charge in [-0.3, -0.25) is 0 Å². The summed E-state index contributed by atoms with van der Waals surface area (Å²) >= 11 is 16.3. The van der Waals surface area contributed by atoms with Gasteiger partial charge in [-0.25, -0.2) is 20.0 Å². The molecular formula is C32H20Br4CoN4O2S2. The first kappa shape index (κ1) is 35.4. The molecule has 0 aliphatic rings. The summed E-state index contributed by atoms with van der Waals surface area (Å²) in [4.78, 5) is 17.7. The zero-order chi connectivity index (χ0) is 31.1. The Bertz CT molecular complexity index is 1810. The van der Waals surface area contributed by atoms with Crippen LogP contribution in [-0.2, 0) is 16.8 Å². The van der Waals surface area contributed by atoms with Crippen molar-refractivity contribution in [1.29, 1.82) is 0 Å². The molecule has 0 spiro atoms. The van der Waals surface area contributed by atoms with Crippen molar-refractivity contribution in [1.82, 2.24) is 9.97 Å². The molecule has 0 saturated heterocycles. The molecule has 2 N–H and O–H groups in total. The summed E-state index contributed by atoms with van der Waals surface area (Å²) in [7, 11) is 0. The van der Waals surface area contributed by atoms with Gasteiger partial charge in [-0.05, 0) is 56.1 Å². The summed E-state index contributed by atoms with van der Waals surface area (Å²) in [5.41, 5.74) is 5.17. The maximum atomic E-state index is 10.0. The maximum Gasteiger partial charge on any atom is 0.209 e. The van der Waals surface area contributed by atoms with Crippen molar-refractivity contribution in [3.05, 3.63) is 125 Å². The van der Waals surface area contributed by atoms with Gasteiger partial charge in [-0.1, -0.05) is 92.5 Å². The molecule has 0 bridgehead atoms. The van der Waals surface area contributed by atoms with Crippen molar-refractivity contribution in [3.8, 4) is 34.0 Å². The van der Waals surface area contributed by atoms with Gasteiger partial charge in [0.1, 0.15) is 11.5 Å². The topological polar surface area (TPSA) is 91.0 Å². The molecule has 0 saturated carbocycles. The zero-order valence-corrected chi connectivity index (χ0v) is 31.8. The summed E-state index contributed by atoms with van der Waals surface area (Å²) in [6, 6.07) is 27.1. The number of nitrogens with zero attached hydrogens (tertiary/aromatic N) is 4. The molecule has 13 heteroatoms. The van der Waals surface area contributed by atoms with E-state index in [0.717, 1.165) is 31.5 Å². The molecule has 6 nitrogen and oxygen atoms in total. The molecule has 0 aliphatic heterocycles. The van der Waals surface area contributed by atoms with E-state index in [1.165, 1.54) is 22.7 Å². The van der Waals surface area contributed by atoms with E-state index in [1.807, 2.05) is 71.4 Å². The van der Waals surface area contributed by atoms with Gasteiger partial charge in [0.05, 0.1) is 20.3 Å². The molecule has 0 aliphatic carbocycles. The summed E-state index contributed by atoms with van der Waals surface area (Å²) in [5.74, 6) is 0.318. The van der Waals surface area contributed by atoms with Crippen molar-refractivity contribution in [3.63, 3.8) is 0 Å². The van der Waals surface area contributed by atoms with E-state index < -0.39 is 0 Å². The van der Waals surface area contributed by atoms with Crippen LogP contribution in [-0.4, -0.2) is 32.6 Å². The number of rotatable bonds is 6. The van der Waals surface area contributed by atoms with E-state index in [0.29, 0.717) is 30.3 Å². The molecule has 4 aromatic carbocycles. The second-order valence-corrected chi connectivity index (χ2v) is 14.1. The van der Waals surface area contributed by atoms with E-state index in [9.17, 15) is 10.2 Å². The van der Waals surface area contributed by atoms with Crippen LogP contribution in [0.25, 0.3) is 22.5 Å². The Hall–Kier alpha value is -2.49. The molecule has 0 atom stereocenters. The minimum Gasteiger partial charge on any atom is -0.506 e. The summed E-state index contributed by atoms with van der Waals surface area (Å²) < 4.78 is 2.96. The third-order valence-corrected chi connectivity index (χ3v) is 9.49. The largest absolute Gasteiger partial charge is 0.506 e. The fourth-order valence-corrected chi connectivity index (χ4v) is 7.61. The van der Waals surface area contributed by atoms with Crippen molar-refractivity contribution in [2.45, 2.75) is 0 Å². The van der Waals surface area contributed by atoms with Crippen molar-refractivity contribution in [2.75, 3.05) is 0 Å². The number of halogens is 4. The molecule has 1 radical (unpaired) electrons. The summed E-state index contributed by atoms with van der Waals surface area (Å²) in [6.07, 6.45) is 3.22. The number of phenols is 2. The molecule has 45 heavy (non-hydrogen) atoms. The average Bonchev–Trinajstić information content (AvgIpc) is 3.71. The van der Waals surface area contributed by atoms with Gasteiger partial charge in [0.15, 0.2) is 0 Å². The van der Waals surface area contributed by atoms with Crippen molar-refractivity contribution in [2.24, 2.45) is 9.98 Å². The van der Waals surface area contributed by atoms with Crippen LogP contribution in [0.4, 0.5) is 10.3 Å². The second kappa shape index (κ2) is 16.9.